The van der Waals surface area contributed by atoms with Crippen LogP contribution in [0.1, 0.15) is 35.2 Å². The van der Waals surface area contributed by atoms with E-state index >= 15 is 0 Å². The van der Waals surface area contributed by atoms with Crippen molar-refractivity contribution >= 4 is 33.4 Å². The Labute approximate surface area is 168 Å². The molecule has 1 fully saturated rings. The zero-order chi connectivity index (χ0) is 19.4. The Balaban J connectivity index is 1.97. The van der Waals surface area contributed by atoms with E-state index in [9.17, 15) is 9.59 Å². The maximum absolute atomic E-state index is 13.3. The molecule has 1 amide bonds. The van der Waals surface area contributed by atoms with Crippen molar-refractivity contribution in [1.29, 1.82) is 0 Å². The molecule has 3 rings (SSSR count). The van der Waals surface area contributed by atoms with E-state index in [0.29, 0.717) is 29.4 Å². The summed E-state index contributed by atoms with van der Waals surface area (Å²) in [7, 11) is 1.37. The number of likely N-dealkylation sites (tertiary alicyclic amines) is 1. The van der Waals surface area contributed by atoms with Gasteiger partial charge in [-0.25, -0.2) is 4.79 Å². The van der Waals surface area contributed by atoms with Gasteiger partial charge in [0.15, 0.2) is 0 Å². The van der Waals surface area contributed by atoms with Crippen LogP contribution in [0.5, 0.6) is 0 Å². The van der Waals surface area contributed by atoms with Gasteiger partial charge in [0.05, 0.1) is 12.7 Å². The molecule has 1 saturated heterocycles. The first kappa shape index (κ1) is 19.4. The Morgan fingerprint density at radius 2 is 1.81 bits per heavy atom. The molecular weight excluding hydrogens is 406 g/mol. The molecule has 0 aromatic heterocycles. The second kappa shape index (κ2) is 8.09. The van der Waals surface area contributed by atoms with Crippen LogP contribution in [0, 0.1) is 0 Å². The summed E-state index contributed by atoms with van der Waals surface area (Å²) in [6.07, 6.45) is 1.65. The third-order valence-electron chi connectivity index (χ3n) is 5.09. The number of benzene rings is 2. The minimum atomic E-state index is -1.03. The monoisotopic (exact) mass is 427 g/mol. The molecule has 0 N–H and O–H groups in total. The van der Waals surface area contributed by atoms with Crippen molar-refractivity contribution in [3.05, 3.63) is 76.8 Å². The Morgan fingerprint density at radius 1 is 1.15 bits per heavy atom. The highest BCUT2D eigenvalue weighted by molar-refractivity contribution is 9.10. The second-order valence-corrected chi connectivity index (χ2v) is 7.56. The second-order valence-electron chi connectivity index (χ2n) is 6.71. The Kier molecular flexibility index (Phi) is 5.80. The van der Waals surface area contributed by atoms with Crippen LogP contribution in [0.25, 0.3) is 5.57 Å². The lowest BCUT2D eigenvalue weighted by atomic mass is 9.85. The fourth-order valence-corrected chi connectivity index (χ4v) is 4.20. The van der Waals surface area contributed by atoms with Gasteiger partial charge < -0.3 is 9.64 Å². The average molecular weight is 428 g/mol. The molecule has 0 aliphatic carbocycles. The van der Waals surface area contributed by atoms with Gasteiger partial charge in [-0.2, -0.15) is 0 Å². The molecule has 1 unspecified atom stereocenters. The topological polar surface area (TPSA) is 46.6 Å². The molecule has 0 saturated carbocycles. The Hall–Kier alpha value is -2.40. The minimum Gasteiger partial charge on any atom is -0.467 e. The first-order chi connectivity index (χ1) is 13.0. The van der Waals surface area contributed by atoms with Crippen LogP contribution in [-0.2, 0) is 9.53 Å². The first-order valence-electron chi connectivity index (χ1n) is 8.88. The summed E-state index contributed by atoms with van der Waals surface area (Å²) in [5, 5.41) is 0. The van der Waals surface area contributed by atoms with Crippen LogP contribution in [0.3, 0.4) is 0 Å². The molecule has 0 bridgehead atoms. The largest absolute Gasteiger partial charge is 0.467 e. The number of halogens is 1. The van der Waals surface area contributed by atoms with E-state index in [1.807, 2.05) is 48.5 Å². The molecule has 0 spiro atoms. The van der Waals surface area contributed by atoms with Gasteiger partial charge in [0.1, 0.15) is 5.54 Å². The van der Waals surface area contributed by atoms with Crippen LogP contribution in [0.15, 0.2) is 65.6 Å². The number of hydrogen-bond donors (Lipinski definition) is 0. The zero-order valence-electron chi connectivity index (χ0n) is 15.3. The fraction of sp³-hybridized carbons (Fsp3) is 0.273. The van der Waals surface area contributed by atoms with E-state index in [4.69, 9.17) is 4.74 Å². The highest BCUT2D eigenvalue weighted by Gasteiger charge is 2.51. The molecule has 0 radical (unpaired) electrons. The maximum atomic E-state index is 13.3. The summed E-state index contributed by atoms with van der Waals surface area (Å²) in [5.41, 5.74) is 1.28. The van der Waals surface area contributed by atoms with Gasteiger partial charge in [0.25, 0.3) is 5.91 Å². The number of carbonyl (C=O) groups excluding carboxylic acids is 2. The highest BCUT2D eigenvalue weighted by Crippen LogP contribution is 2.39. The van der Waals surface area contributed by atoms with E-state index in [-0.39, 0.29) is 5.91 Å². The van der Waals surface area contributed by atoms with E-state index in [2.05, 4.69) is 22.5 Å². The summed E-state index contributed by atoms with van der Waals surface area (Å²) in [4.78, 5) is 27.8. The highest BCUT2D eigenvalue weighted by atomic mass is 79.9. The summed E-state index contributed by atoms with van der Waals surface area (Å²) in [6.45, 7) is 4.69. The van der Waals surface area contributed by atoms with Crippen LogP contribution in [0.2, 0.25) is 0 Å². The van der Waals surface area contributed by atoms with Gasteiger partial charge in [-0.1, -0.05) is 49.0 Å². The molecule has 4 nitrogen and oxygen atoms in total. The van der Waals surface area contributed by atoms with E-state index < -0.39 is 11.5 Å². The number of carbonyl (C=O) groups is 2. The van der Waals surface area contributed by atoms with Gasteiger partial charge in [-0.3, -0.25) is 4.79 Å². The predicted molar refractivity (Wildman–Crippen MR) is 109 cm³/mol. The SMILES string of the molecule is C=C(CC1(C(=O)OC)CCCN1C(=O)c1ccccc1Br)c1ccccc1. The van der Waals surface area contributed by atoms with Crippen molar-refractivity contribution in [2.45, 2.75) is 24.8 Å². The molecule has 27 heavy (non-hydrogen) atoms. The minimum absolute atomic E-state index is 0.175. The average Bonchev–Trinajstić information content (AvgIpc) is 3.12. The van der Waals surface area contributed by atoms with E-state index in [0.717, 1.165) is 17.6 Å². The Morgan fingerprint density at radius 3 is 2.48 bits per heavy atom. The lowest BCUT2D eigenvalue weighted by Gasteiger charge is -2.37. The molecule has 140 valence electrons. The summed E-state index contributed by atoms with van der Waals surface area (Å²) in [6, 6.07) is 17.0. The normalized spacial score (nSPS) is 19.0. The third kappa shape index (κ3) is 3.69. The van der Waals surface area contributed by atoms with Gasteiger partial charge in [0, 0.05) is 17.4 Å². The number of amides is 1. The van der Waals surface area contributed by atoms with Gasteiger partial charge in [0.2, 0.25) is 0 Å². The number of methoxy groups -OCH3 is 1. The number of rotatable bonds is 5. The van der Waals surface area contributed by atoms with Crippen molar-refractivity contribution in [1.82, 2.24) is 4.90 Å². The molecule has 2 aromatic carbocycles. The van der Waals surface area contributed by atoms with Crippen LogP contribution < -0.4 is 0 Å². The fourth-order valence-electron chi connectivity index (χ4n) is 3.74. The Bertz CT molecular complexity index is 865. The van der Waals surface area contributed by atoms with E-state index in [1.165, 1.54) is 7.11 Å². The molecule has 2 aromatic rings. The smallest absolute Gasteiger partial charge is 0.332 e. The third-order valence-corrected chi connectivity index (χ3v) is 5.78. The molecule has 5 heteroatoms. The summed E-state index contributed by atoms with van der Waals surface area (Å²) >= 11 is 3.44. The number of hydrogen-bond acceptors (Lipinski definition) is 3. The summed E-state index contributed by atoms with van der Waals surface area (Å²) in [5.74, 6) is -0.566. The van der Waals surface area contributed by atoms with Crippen LogP contribution >= 0.6 is 15.9 Å². The molecular formula is C22H22BrNO3. The van der Waals surface area contributed by atoms with Crippen LogP contribution in [0.4, 0.5) is 0 Å². The molecule has 1 atom stereocenters. The zero-order valence-corrected chi connectivity index (χ0v) is 16.9. The first-order valence-corrected chi connectivity index (χ1v) is 9.67. The van der Waals surface area contributed by atoms with E-state index in [1.54, 1.807) is 11.0 Å². The lowest BCUT2D eigenvalue weighted by Crippen LogP contribution is -2.53. The number of nitrogens with zero attached hydrogens (tertiary/aromatic N) is 1. The maximum Gasteiger partial charge on any atom is 0.332 e. The van der Waals surface area contributed by atoms with Crippen molar-refractivity contribution in [2.24, 2.45) is 0 Å². The van der Waals surface area contributed by atoms with Crippen LogP contribution in [-0.4, -0.2) is 36.0 Å². The number of esters is 1. The quantitative estimate of drug-likeness (QED) is 0.649. The van der Waals surface area contributed by atoms with Gasteiger partial charge in [-0.15, -0.1) is 0 Å². The van der Waals surface area contributed by atoms with Crippen molar-refractivity contribution in [3.63, 3.8) is 0 Å². The standard InChI is InChI=1S/C22H22BrNO3/c1-16(17-9-4-3-5-10-17)15-22(21(26)27-2)13-8-14-24(22)20(25)18-11-6-7-12-19(18)23/h3-7,9-12H,1,8,13-15H2,2H3. The van der Waals surface area contributed by atoms with Gasteiger partial charge >= 0.3 is 5.97 Å². The van der Waals surface area contributed by atoms with Gasteiger partial charge in [-0.05, 0) is 52.0 Å². The molecule has 1 heterocycles. The predicted octanol–water partition coefficient (Wildman–Crippen LogP) is 4.70. The van der Waals surface area contributed by atoms with Crippen molar-refractivity contribution < 1.29 is 14.3 Å². The summed E-state index contributed by atoms with van der Waals surface area (Å²) < 4.78 is 5.85. The lowest BCUT2D eigenvalue weighted by molar-refractivity contribution is -0.151. The molecule has 1 aliphatic heterocycles. The van der Waals surface area contributed by atoms with Crippen molar-refractivity contribution in [3.8, 4) is 0 Å². The number of ether oxygens (including phenoxy) is 1. The molecule has 1 aliphatic rings. The van der Waals surface area contributed by atoms with Crippen molar-refractivity contribution in [2.75, 3.05) is 13.7 Å².